The van der Waals surface area contributed by atoms with Gasteiger partial charge >= 0.3 is 0 Å². The first-order valence-electron chi connectivity index (χ1n) is 10.7. The Balaban J connectivity index is 1.23. The zero-order chi connectivity index (χ0) is 20.3. The van der Waals surface area contributed by atoms with Crippen molar-refractivity contribution >= 4 is 16.8 Å². The number of likely N-dealkylation sites (tertiary alicyclic amines) is 1. The number of carbonyl (C=O) groups is 1. The highest BCUT2D eigenvalue weighted by Gasteiger charge is 2.24. The maximum Gasteiger partial charge on any atom is 0.270 e. The van der Waals surface area contributed by atoms with Crippen molar-refractivity contribution in [2.75, 3.05) is 39.4 Å². The molecule has 6 nitrogen and oxygen atoms in total. The van der Waals surface area contributed by atoms with Gasteiger partial charge in [-0.3, -0.25) is 9.69 Å². The van der Waals surface area contributed by atoms with Crippen molar-refractivity contribution < 1.29 is 14.3 Å². The lowest BCUT2D eigenvalue weighted by atomic mass is 10.2. The number of nitrogens with one attached hydrogen (secondary N) is 1. The number of amides is 1. The minimum Gasteiger partial charge on any atom is -0.489 e. The fourth-order valence-corrected chi connectivity index (χ4v) is 4.31. The molecule has 2 fully saturated rings. The maximum atomic E-state index is 12.7. The summed E-state index contributed by atoms with van der Waals surface area (Å²) in [5, 5.41) is 1.00. The average molecular weight is 405 g/mol. The van der Waals surface area contributed by atoms with E-state index in [2.05, 4.69) is 40.2 Å². The summed E-state index contributed by atoms with van der Waals surface area (Å²) < 4.78 is 11.6. The zero-order valence-corrected chi connectivity index (χ0v) is 17.0. The first kappa shape index (κ1) is 19.2. The Morgan fingerprint density at radius 3 is 2.73 bits per heavy atom. The Kier molecular flexibility index (Phi) is 5.43. The van der Waals surface area contributed by atoms with E-state index in [4.69, 9.17) is 9.47 Å². The van der Waals surface area contributed by atoms with Crippen molar-refractivity contribution in [3.8, 4) is 5.75 Å². The molecule has 5 rings (SSSR count). The Labute approximate surface area is 176 Å². The van der Waals surface area contributed by atoms with Crippen LogP contribution in [0.15, 0.2) is 54.6 Å². The van der Waals surface area contributed by atoms with Crippen molar-refractivity contribution in [2.24, 2.45) is 0 Å². The van der Waals surface area contributed by atoms with E-state index < -0.39 is 0 Å². The van der Waals surface area contributed by atoms with Crippen LogP contribution in [0.3, 0.4) is 0 Å². The summed E-state index contributed by atoms with van der Waals surface area (Å²) in [4.78, 5) is 20.3. The molecule has 2 saturated heterocycles. The van der Waals surface area contributed by atoms with Crippen LogP contribution in [0, 0.1) is 0 Å². The largest absolute Gasteiger partial charge is 0.489 e. The molecule has 3 aromatic rings. The second-order valence-electron chi connectivity index (χ2n) is 8.09. The molecule has 1 aromatic heterocycles. The van der Waals surface area contributed by atoms with E-state index in [0.717, 1.165) is 42.7 Å². The van der Waals surface area contributed by atoms with Crippen molar-refractivity contribution in [1.29, 1.82) is 0 Å². The molecule has 30 heavy (non-hydrogen) atoms. The molecule has 3 heterocycles. The lowest BCUT2D eigenvalue weighted by molar-refractivity contribution is 0.0299. The van der Waals surface area contributed by atoms with Crippen LogP contribution >= 0.6 is 0 Å². The topological polar surface area (TPSA) is 57.8 Å². The van der Waals surface area contributed by atoms with Crippen LogP contribution < -0.4 is 4.74 Å². The molecule has 1 unspecified atom stereocenters. The van der Waals surface area contributed by atoms with Crippen LogP contribution in [0.5, 0.6) is 5.75 Å². The summed E-state index contributed by atoms with van der Waals surface area (Å²) in [7, 11) is 0. The smallest absolute Gasteiger partial charge is 0.270 e. The van der Waals surface area contributed by atoms with Gasteiger partial charge in [0, 0.05) is 43.6 Å². The van der Waals surface area contributed by atoms with Gasteiger partial charge in [0.05, 0.1) is 13.2 Å². The Bertz CT molecular complexity index is 1010. The molecule has 2 aliphatic rings. The number of rotatable bonds is 5. The number of nitrogens with zero attached hydrogens (tertiary/aromatic N) is 2. The highest BCUT2D eigenvalue weighted by atomic mass is 16.5. The molecule has 0 aliphatic carbocycles. The van der Waals surface area contributed by atoms with Gasteiger partial charge in [-0.05, 0) is 36.2 Å². The van der Waals surface area contributed by atoms with Crippen LogP contribution in [0.4, 0.5) is 0 Å². The highest BCUT2D eigenvalue weighted by molar-refractivity contribution is 5.98. The fraction of sp³-hybridized carbons (Fsp3) is 0.375. The van der Waals surface area contributed by atoms with E-state index in [1.807, 2.05) is 29.2 Å². The summed E-state index contributed by atoms with van der Waals surface area (Å²) in [5.74, 6) is 0.891. The van der Waals surface area contributed by atoms with Crippen LogP contribution in [0.25, 0.3) is 10.9 Å². The summed E-state index contributed by atoms with van der Waals surface area (Å²) in [6, 6.07) is 18.5. The monoisotopic (exact) mass is 405 g/mol. The first-order valence-corrected chi connectivity index (χ1v) is 10.7. The van der Waals surface area contributed by atoms with Gasteiger partial charge < -0.3 is 19.4 Å². The molecule has 0 spiro atoms. The van der Waals surface area contributed by atoms with E-state index in [0.29, 0.717) is 32.0 Å². The van der Waals surface area contributed by atoms with Crippen LogP contribution in [0.2, 0.25) is 0 Å². The molecular formula is C24H27N3O3. The quantitative estimate of drug-likeness (QED) is 0.708. The average Bonchev–Trinajstić information content (AvgIpc) is 3.41. The van der Waals surface area contributed by atoms with Gasteiger partial charge in [-0.1, -0.05) is 30.3 Å². The second kappa shape index (κ2) is 8.50. The highest BCUT2D eigenvalue weighted by Crippen LogP contribution is 2.25. The molecule has 1 amide bonds. The van der Waals surface area contributed by atoms with E-state index in [1.165, 1.54) is 5.56 Å². The molecule has 2 aliphatic heterocycles. The number of benzene rings is 2. The molecule has 6 heteroatoms. The van der Waals surface area contributed by atoms with Gasteiger partial charge in [-0.25, -0.2) is 0 Å². The van der Waals surface area contributed by atoms with Crippen molar-refractivity contribution in [3.63, 3.8) is 0 Å². The van der Waals surface area contributed by atoms with Gasteiger partial charge in [0.25, 0.3) is 5.91 Å². The number of hydrogen-bond acceptors (Lipinski definition) is 4. The Morgan fingerprint density at radius 2 is 1.90 bits per heavy atom. The molecule has 0 radical (unpaired) electrons. The first-order chi connectivity index (χ1) is 14.7. The SMILES string of the molecule is O=C(c1cc2cc(OC3CCN(Cc4ccccc4)C3)ccc2[nH]1)N1CCOCC1. The number of fused-ring (bicyclic) bond motifs is 1. The Hall–Kier alpha value is -2.83. The number of morpholine rings is 1. The second-order valence-corrected chi connectivity index (χ2v) is 8.09. The normalized spacial score (nSPS) is 20.0. The summed E-state index contributed by atoms with van der Waals surface area (Å²) in [6.45, 7) is 5.43. The lowest BCUT2D eigenvalue weighted by Gasteiger charge is -2.26. The van der Waals surface area contributed by atoms with Crippen LogP contribution in [0.1, 0.15) is 22.5 Å². The summed E-state index contributed by atoms with van der Waals surface area (Å²) in [6.07, 6.45) is 1.22. The van der Waals surface area contributed by atoms with Crippen LogP contribution in [-0.2, 0) is 11.3 Å². The third-order valence-corrected chi connectivity index (χ3v) is 5.90. The predicted octanol–water partition coefficient (Wildman–Crippen LogP) is 3.29. The number of H-pyrrole nitrogens is 1. The fourth-order valence-electron chi connectivity index (χ4n) is 4.31. The van der Waals surface area contributed by atoms with Gasteiger partial charge in [-0.2, -0.15) is 0 Å². The number of hydrogen-bond donors (Lipinski definition) is 1. The lowest BCUT2D eigenvalue weighted by Crippen LogP contribution is -2.40. The van der Waals surface area contributed by atoms with Crippen LogP contribution in [-0.4, -0.2) is 66.2 Å². The van der Waals surface area contributed by atoms with Gasteiger partial charge in [0.1, 0.15) is 17.5 Å². The van der Waals surface area contributed by atoms with Crippen molar-refractivity contribution in [2.45, 2.75) is 19.1 Å². The number of carbonyl (C=O) groups excluding carboxylic acids is 1. The summed E-state index contributed by atoms with van der Waals surface area (Å²) >= 11 is 0. The predicted molar refractivity (Wildman–Crippen MR) is 116 cm³/mol. The zero-order valence-electron chi connectivity index (χ0n) is 17.0. The number of ether oxygens (including phenoxy) is 2. The van der Waals surface area contributed by atoms with E-state index in [-0.39, 0.29) is 12.0 Å². The third-order valence-electron chi connectivity index (χ3n) is 5.90. The molecule has 1 N–H and O–H groups in total. The minimum absolute atomic E-state index is 0.0318. The minimum atomic E-state index is 0.0318. The number of aromatic amines is 1. The van der Waals surface area contributed by atoms with E-state index in [9.17, 15) is 4.79 Å². The van der Waals surface area contributed by atoms with E-state index >= 15 is 0 Å². The maximum absolute atomic E-state index is 12.7. The molecule has 1 atom stereocenters. The standard InChI is InChI=1S/C24H27N3O3/c28-24(27-10-12-29-13-11-27)23-15-19-14-20(6-7-22(19)25-23)30-21-8-9-26(17-21)16-18-4-2-1-3-5-18/h1-7,14-15,21,25H,8-13,16-17H2. The molecule has 0 saturated carbocycles. The third kappa shape index (κ3) is 4.20. The number of aromatic nitrogens is 1. The molecule has 0 bridgehead atoms. The van der Waals surface area contributed by atoms with Gasteiger partial charge in [0.2, 0.25) is 0 Å². The van der Waals surface area contributed by atoms with Crippen molar-refractivity contribution in [1.82, 2.24) is 14.8 Å². The van der Waals surface area contributed by atoms with Crippen molar-refractivity contribution in [3.05, 3.63) is 65.9 Å². The van der Waals surface area contributed by atoms with Gasteiger partial charge in [-0.15, -0.1) is 0 Å². The Morgan fingerprint density at radius 1 is 1.07 bits per heavy atom. The summed E-state index contributed by atoms with van der Waals surface area (Å²) in [5.41, 5.74) is 2.92. The van der Waals surface area contributed by atoms with E-state index in [1.54, 1.807) is 0 Å². The molecule has 156 valence electrons. The molecule has 2 aromatic carbocycles. The van der Waals surface area contributed by atoms with Gasteiger partial charge in [0.15, 0.2) is 0 Å². The molecular weight excluding hydrogens is 378 g/mol.